The highest BCUT2D eigenvalue weighted by Gasteiger charge is 2.34. The largest absolute Gasteiger partial charge is 0.507 e. The number of phenols is 1. The number of rotatable bonds is 2. The van der Waals surface area contributed by atoms with Gasteiger partial charge >= 0.3 is 0 Å². The van der Waals surface area contributed by atoms with Crippen molar-refractivity contribution in [1.82, 2.24) is 0 Å². The van der Waals surface area contributed by atoms with Gasteiger partial charge in [-0.15, -0.1) is 0 Å². The minimum atomic E-state index is -3.19. The van der Waals surface area contributed by atoms with Crippen LogP contribution >= 0.6 is 7.37 Å². The normalized spacial score (nSPS) is 18.6. The zero-order chi connectivity index (χ0) is 23.3. The van der Waals surface area contributed by atoms with Crippen LogP contribution in [0.3, 0.4) is 0 Å². The zero-order valence-corrected chi connectivity index (χ0v) is 20.8. The van der Waals surface area contributed by atoms with Gasteiger partial charge in [-0.1, -0.05) is 96.1 Å². The van der Waals surface area contributed by atoms with Crippen LogP contribution in [0.25, 0.3) is 11.1 Å². The number of benzene rings is 3. The van der Waals surface area contributed by atoms with Crippen molar-refractivity contribution >= 4 is 12.7 Å². The van der Waals surface area contributed by atoms with Crippen LogP contribution in [-0.2, 0) is 32.7 Å². The van der Waals surface area contributed by atoms with Gasteiger partial charge in [0.25, 0.3) is 0 Å². The van der Waals surface area contributed by atoms with Crippen molar-refractivity contribution in [3.05, 3.63) is 82.9 Å². The molecule has 4 heteroatoms. The zero-order valence-electron chi connectivity index (χ0n) is 19.9. The Labute approximate surface area is 191 Å². The molecule has 0 saturated heterocycles. The molecule has 3 nitrogen and oxygen atoms in total. The fourth-order valence-electron chi connectivity index (χ4n) is 4.45. The molecule has 4 rings (SSSR count). The predicted octanol–water partition coefficient (Wildman–Crippen LogP) is 7.29. The van der Waals surface area contributed by atoms with Crippen LogP contribution in [0.5, 0.6) is 5.75 Å². The average Bonchev–Trinajstić information content (AvgIpc) is 2.83. The first-order valence-corrected chi connectivity index (χ1v) is 13.0. The van der Waals surface area contributed by atoms with Crippen molar-refractivity contribution in [2.24, 2.45) is 0 Å². The summed E-state index contributed by atoms with van der Waals surface area (Å²) < 4.78 is 20.7. The third kappa shape index (κ3) is 4.17. The molecular formula is C28H33O3P. The van der Waals surface area contributed by atoms with Crippen molar-refractivity contribution in [3.8, 4) is 16.9 Å². The summed E-state index contributed by atoms with van der Waals surface area (Å²) in [5.74, 6) is 0.335. The summed E-state index contributed by atoms with van der Waals surface area (Å²) in [6, 6.07) is 20.0. The number of hydrogen-bond acceptors (Lipinski definition) is 3. The first-order chi connectivity index (χ1) is 14.9. The highest BCUT2D eigenvalue weighted by Crippen LogP contribution is 2.55. The minimum absolute atomic E-state index is 0.243. The molecule has 168 valence electrons. The summed E-state index contributed by atoms with van der Waals surface area (Å²) in [6.07, 6.45) is 0.296. The van der Waals surface area contributed by atoms with Crippen molar-refractivity contribution < 1.29 is 14.2 Å². The fraction of sp³-hybridized carbons (Fsp3) is 0.357. The summed E-state index contributed by atoms with van der Waals surface area (Å²) in [7, 11) is -3.19. The summed E-state index contributed by atoms with van der Waals surface area (Å²) in [4.78, 5) is 0. The molecule has 0 saturated carbocycles. The van der Waals surface area contributed by atoms with E-state index in [0.29, 0.717) is 18.5 Å². The number of phenolic OH excluding ortho intramolecular Hbond substituents is 1. The summed E-state index contributed by atoms with van der Waals surface area (Å²) >= 11 is 0. The fourth-order valence-corrected chi connectivity index (χ4v) is 6.74. The van der Waals surface area contributed by atoms with E-state index in [0.717, 1.165) is 38.7 Å². The van der Waals surface area contributed by atoms with E-state index in [1.54, 1.807) is 0 Å². The highest BCUT2D eigenvalue weighted by molar-refractivity contribution is 7.66. The Morgan fingerprint density at radius 3 is 1.97 bits per heavy atom. The smallest absolute Gasteiger partial charge is 0.237 e. The van der Waals surface area contributed by atoms with Crippen molar-refractivity contribution in [2.75, 3.05) is 0 Å². The summed E-state index contributed by atoms with van der Waals surface area (Å²) in [5, 5.41) is 11.8. The molecule has 0 aromatic heterocycles. The monoisotopic (exact) mass is 448 g/mol. The average molecular weight is 449 g/mol. The molecule has 1 heterocycles. The van der Waals surface area contributed by atoms with Gasteiger partial charge in [-0.2, -0.15) is 0 Å². The quantitative estimate of drug-likeness (QED) is 0.419. The molecule has 0 bridgehead atoms. The lowest BCUT2D eigenvalue weighted by Gasteiger charge is -2.29. The van der Waals surface area contributed by atoms with E-state index in [-0.39, 0.29) is 10.8 Å². The molecule has 0 fully saturated rings. The second-order valence-corrected chi connectivity index (χ2v) is 13.2. The van der Waals surface area contributed by atoms with Gasteiger partial charge in [0.05, 0.1) is 12.8 Å². The molecule has 1 unspecified atom stereocenters. The van der Waals surface area contributed by atoms with E-state index < -0.39 is 7.37 Å². The van der Waals surface area contributed by atoms with Crippen molar-refractivity contribution in [3.63, 3.8) is 0 Å². The number of aromatic hydroxyl groups is 1. The van der Waals surface area contributed by atoms with Gasteiger partial charge in [-0.25, -0.2) is 0 Å². The maximum Gasteiger partial charge on any atom is 0.237 e. The van der Waals surface area contributed by atoms with Crippen LogP contribution in [-0.4, -0.2) is 5.11 Å². The third-order valence-corrected chi connectivity index (χ3v) is 8.64. The van der Waals surface area contributed by atoms with E-state index in [2.05, 4.69) is 47.6 Å². The lowest BCUT2D eigenvalue weighted by molar-refractivity contribution is 0.310. The van der Waals surface area contributed by atoms with Gasteiger partial charge in [0.15, 0.2) is 0 Å². The Morgan fingerprint density at radius 2 is 1.38 bits per heavy atom. The Kier molecular flexibility index (Phi) is 5.64. The van der Waals surface area contributed by atoms with Crippen LogP contribution in [0.15, 0.2) is 60.7 Å². The second kappa shape index (κ2) is 7.90. The lowest BCUT2D eigenvalue weighted by atomic mass is 9.78. The van der Waals surface area contributed by atoms with Gasteiger partial charge < -0.3 is 9.63 Å². The molecule has 1 atom stereocenters. The van der Waals surface area contributed by atoms with Gasteiger partial charge in [0.1, 0.15) is 5.75 Å². The van der Waals surface area contributed by atoms with Crippen LogP contribution in [0, 0.1) is 0 Å². The SMILES string of the molecule is CC(C)(C)c1cc(CP2(=O)OCc3ccccc3-c3ccccc32)cc(C(C)(C)C)c1O. The van der Waals surface area contributed by atoms with Gasteiger partial charge in [0.2, 0.25) is 7.37 Å². The van der Waals surface area contributed by atoms with Crippen LogP contribution in [0.2, 0.25) is 0 Å². The predicted molar refractivity (Wildman–Crippen MR) is 133 cm³/mol. The van der Waals surface area contributed by atoms with Crippen LogP contribution < -0.4 is 5.30 Å². The molecule has 3 aromatic rings. The van der Waals surface area contributed by atoms with Gasteiger partial charge in [-0.3, -0.25) is 4.57 Å². The van der Waals surface area contributed by atoms with Gasteiger partial charge in [0, 0.05) is 5.30 Å². The maximum absolute atomic E-state index is 14.4. The van der Waals surface area contributed by atoms with E-state index in [1.165, 1.54) is 0 Å². The number of fused-ring (bicyclic) bond motifs is 3. The van der Waals surface area contributed by atoms with E-state index in [1.807, 2.05) is 54.6 Å². The maximum atomic E-state index is 14.4. The molecule has 0 spiro atoms. The molecule has 3 aromatic carbocycles. The van der Waals surface area contributed by atoms with Crippen LogP contribution in [0.1, 0.15) is 63.8 Å². The summed E-state index contributed by atoms with van der Waals surface area (Å²) in [5.41, 5.74) is 5.30. The molecule has 1 aliphatic heterocycles. The molecule has 0 aliphatic carbocycles. The molecule has 1 aliphatic rings. The highest BCUT2D eigenvalue weighted by atomic mass is 31.2. The Hall–Kier alpha value is -2.35. The van der Waals surface area contributed by atoms with E-state index in [9.17, 15) is 9.67 Å². The summed E-state index contributed by atoms with van der Waals surface area (Å²) in [6.45, 7) is 12.9. The lowest BCUT2D eigenvalue weighted by Crippen LogP contribution is -2.18. The standard InChI is InChI=1S/C28H33O3P/c1-27(2,3)23-15-19(16-24(26(23)29)28(4,5)6)18-32(30)25-14-10-9-13-22(25)21-12-8-7-11-20(21)17-31-32/h7-16,29H,17-18H2,1-6H3. The first-order valence-electron chi connectivity index (χ1n) is 11.2. The first kappa shape index (κ1) is 22.8. The topological polar surface area (TPSA) is 46.5 Å². The second-order valence-electron chi connectivity index (χ2n) is 10.8. The molecule has 0 radical (unpaired) electrons. The van der Waals surface area contributed by atoms with Crippen LogP contribution in [0.4, 0.5) is 0 Å². The third-order valence-electron chi connectivity index (χ3n) is 6.18. The van der Waals surface area contributed by atoms with E-state index >= 15 is 0 Å². The molecule has 32 heavy (non-hydrogen) atoms. The Balaban J connectivity index is 1.87. The minimum Gasteiger partial charge on any atom is -0.507 e. The number of hydrogen-bond donors (Lipinski definition) is 1. The Bertz CT molecular complexity index is 1180. The molecule has 1 N–H and O–H groups in total. The molecule has 0 amide bonds. The molecular weight excluding hydrogens is 415 g/mol. The van der Waals surface area contributed by atoms with Crippen molar-refractivity contribution in [1.29, 1.82) is 0 Å². The van der Waals surface area contributed by atoms with Gasteiger partial charge in [-0.05, 0) is 50.3 Å². The van der Waals surface area contributed by atoms with E-state index in [4.69, 9.17) is 4.52 Å². The Morgan fingerprint density at radius 1 is 0.844 bits per heavy atom. The van der Waals surface area contributed by atoms with Crippen molar-refractivity contribution in [2.45, 2.75) is 65.1 Å².